The molecule has 1 aliphatic rings. The molecule has 9 heteroatoms. The average molecular weight is 371 g/mol. The summed E-state index contributed by atoms with van der Waals surface area (Å²) >= 11 is 1.35. The van der Waals surface area contributed by atoms with Crippen LogP contribution >= 0.6 is 11.3 Å². The van der Waals surface area contributed by atoms with E-state index >= 15 is 0 Å². The van der Waals surface area contributed by atoms with Gasteiger partial charge in [0.2, 0.25) is 11.7 Å². The number of nitrogens with zero attached hydrogens (tertiary/aromatic N) is 4. The molecular formula is C17H17N5O3S. The molecule has 0 saturated carbocycles. The molecule has 1 aromatic carbocycles. The smallest absolute Gasteiger partial charge is 0.359 e. The summed E-state index contributed by atoms with van der Waals surface area (Å²) in [5.74, 6) is 0.432. The second-order valence-electron chi connectivity index (χ2n) is 6.19. The van der Waals surface area contributed by atoms with Crippen molar-refractivity contribution in [3.63, 3.8) is 0 Å². The largest absolute Gasteiger partial charge is 0.372 e. The van der Waals surface area contributed by atoms with Gasteiger partial charge in [-0.15, -0.1) is 0 Å². The van der Waals surface area contributed by atoms with Crippen molar-refractivity contribution in [3.05, 3.63) is 57.1 Å². The Kier molecular flexibility index (Phi) is 4.29. The lowest BCUT2D eigenvalue weighted by Crippen LogP contribution is -2.23. The van der Waals surface area contributed by atoms with Gasteiger partial charge in [-0.25, -0.2) is 0 Å². The Balaban J connectivity index is 1.43. The Morgan fingerprint density at radius 1 is 1.27 bits per heavy atom. The van der Waals surface area contributed by atoms with Crippen LogP contribution in [0.5, 0.6) is 0 Å². The van der Waals surface area contributed by atoms with Crippen LogP contribution in [-0.2, 0) is 17.9 Å². The molecule has 3 heterocycles. The minimum Gasteiger partial charge on any atom is -0.359 e. The number of nitrogens with one attached hydrogen (secondary N) is 1. The van der Waals surface area contributed by atoms with E-state index in [-0.39, 0.29) is 17.5 Å². The molecule has 2 aromatic heterocycles. The molecule has 0 atom stereocenters. The van der Waals surface area contributed by atoms with Crippen LogP contribution in [0.2, 0.25) is 0 Å². The summed E-state index contributed by atoms with van der Waals surface area (Å²) in [6.07, 6.45) is 3.22. The van der Waals surface area contributed by atoms with Gasteiger partial charge in [-0.2, -0.15) is 9.38 Å². The Hall–Kier alpha value is -2.94. The molecule has 1 N–H and O–H groups in total. The molecule has 1 aliphatic heterocycles. The lowest BCUT2D eigenvalue weighted by molar-refractivity contribution is -0.389. The summed E-state index contributed by atoms with van der Waals surface area (Å²) in [4.78, 5) is 29.3. The van der Waals surface area contributed by atoms with Crippen molar-refractivity contribution in [3.8, 4) is 0 Å². The van der Waals surface area contributed by atoms with Gasteiger partial charge in [-0.3, -0.25) is 4.79 Å². The molecule has 1 amide bonds. The topological polar surface area (TPSA) is 92.8 Å². The van der Waals surface area contributed by atoms with Crippen LogP contribution in [0.1, 0.15) is 24.0 Å². The van der Waals surface area contributed by atoms with Crippen molar-refractivity contribution in [2.75, 3.05) is 11.9 Å². The van der Waals surface area contributed by atoms with Crippen molar-refractivity contribution < 1.29 is 9.72 Å². The number of amides is 1. The number of carbonyl (C=O) groups is 1. The molecule has 3 aromatic rings. The summed E-state index contributed by atoms with van der Waals surface area (Å²) < 4.78 is 1.48. The zero-order valence-electron chi connectivity index (χ0n) is 13.9. The Morgan fingerprint density at radius 3 is 2.73 bits per heavy atom. The maximum Gasteiger partial charge on any atom is 0.372 e. The lowest BCUT2D eigenvalue weighted by atomic mass is 10.1. The predicted molar refractivity (Wildman–Crippen MR) is 98.1 cm³/mol. The van der Waals surface area contributed by atoms with Gasteiger partial charge in [-0.05, 0) is 22.5 Å². The maximum atomic E-state index is 11.7. The van der Waals surface area contributed by atoms with Gasteiger partial charge in [0.1, 0.15) is 6.20 Å². The van der Waals surface area contributed by atoms with Crippen molar-refractivity contribution in [1.29, 1.82) is 0 Å². The average Bonchev–Trinajstić information content (AvgIpc) is 3.30. The van der Waals surface area contributed by atoms with E-state index in [1.54, 1.807) is 11.6 Å². The number of thiazole rings is 1. The maximum absolute atomic E-state index is 11.7. The van der Waals surface area contributed by atoms with Crippen LogP contribution in [0.25, 0.3) is 4.96 Å². The summed E-state index contributed by atoms with van der Waals surface area (Å²) in [6, 6.07) is 7.91. The van der Waals surface area contributed by atoms with E-state index in [2.05, 4.69) is 10.3 Å². The monoisotopic (exact) mass is 371 g/mol. The van der Waals surface area contributed by atoms with E-state index in [0.717, 1.165) is 24.1 Å². The Labute approximate surface area is 153 Å². The number of hydrogen-bond donors (Lipinski definition) is 1. The van der Waals surface area contributed by atoms with Crippen LogP contribution < -0.4 is 5.32 Å². The van der Waals surface area contributed by atoms with E-state index < -0.39 is 4.92 Å². The highest BCUT2D eigenvalue weighted by Gasteiger charge is 2.23. The van der Waals surface area contributed by atoms with E-state index in [1.807, 2.05) is 29.2 Å². The highest BCUT2D eigenvalue weighted by Crippen LogP contribution is 2.28. The minimum absolute atomic E-state index is 0.0505. The molecule has 26 heavy (non-hydrogen) atoms. The quantitative estimate of drug-likeness (QED) is 0.531. The molecule has 0 spiro atoms. The number of carbonyl (C=O) groups excluding carboxylic acids is 1. The van der Waals surface area contributed by atoms with Crippen LogP contribution in [0.3, 0.4) is 0 Å². The fourth-order valence-electron chi connectivity index (χ4n) is 3.11. The van der Waals surface area contributed by atoms with Gasteiger partial charge in [0.05, 0.1) is 0 Å². The third kappa shape index (κ3) is 3.13. The zero-order valence-corrected chi connectivity index (χ0v) is 14.7. The lowest BCUT2D eigenvalue weighted by Gasteiger charge is -2.15. The molecule has 0 unspecified atom stereocenters. The third-order valence-corrected chi connectivity index (χ3v) is 5.19. The highest BCUT2D eigenvalue weighted by molar-refractivity contribution is 7.15. The minimum atomic E-state index is -0.425. The van der Waals surface area contributed by atoms with Crippen LogP contribution in [0.15, 0.2) is 35.8 Å². The summed E-state index contributed by atoms with van der Waals surface area (Å²) in [5.41, 5.74) is 2.07. The number of likely N-dealkylation sites (tertiary alicyclic amines) is 1. The molecule has 134 valence electrons. The first-order chi connectivity index (χ1) is 12.6. The van der Waals surface area contributed by atoms with Crippen molar-refractivity contribution in [2.24, 2.45) is 0 Å². The number of aromatic nitrogens is 2. The molecule has 8 nitrogen and oxygen atoms in total. The van der Waals surface area contributed by atoms with Gasteiger partial charge in [-0.1, -0.05) is 35.6 Å². The first kappa shape index (κ1) is 16.5. The van der Waals surface area contributed by atoms with Crippen LogP contribution in [0, 0.1) is 10.1 Å². The number of imidazole rings is 1. The molecule has 0 bridgehead atoms. The molecule has 1 fully saturated rings. The van der Waals surface area contributed by atoms with Crippen LogP contribution in [0.4, 0.5) is 11.6 Å². The first-order valence-corrected chi connectivity index (χ1v) is 9.19. The standard InChI is InChI=1S/C17H17N5O3S/c23-14-2-1-7-20(14)11-13-5-3-12(4-6-13)10-18-15-16(22(24)25)21-8-9-26-17(21)19-15/h3-6,8-9,18H,1-2,7,10-11H2. The SMILES string of the molecule is O=C1CCCN1Cc1ccc(CNc2nc3sccn3c2[N+](=O)[O-])cc1. The van der Waals surface area contributed by atoms with Crippen molar-refractivity contribution >= 4 is 33.8 Å². The van der Waals surface area contributed by atoms with E-state index in [1.165, 1.54) is 15.7 Å². The second kappa shape index (κ2) is 6.75. The summed E-state index contributed by atoms with van der Waals surface area (Å²) in [5, 5.41) is 16.1. The Bertz CT molecular complexity index is 963. The van der Waals surface area contributed by atoms with Crippen molar-refractivity contribution in [2.45, 2.75) is 25.9 Å². The van der Waals surface area contributed by atoms with Gasteiger partial charge < -0.3 is 20.3 Å². The predicted octanol–water partition coefficient (Wildman–Crippen LogP) is 3.04. The molecule has 1 saturated heterocycles. The molecular weight excluding hydrogens is 354 g/mol. The van der Waals surface area contributed by atoms with Gasteiger partial charge in [0, 0.05) is 31.4 Å². The second-order valence-corrected chi connectivity index (χ2v) is 7.06. The zero-order chi connectivity index (χ0) is 18.1. The third-order valence-electron chi connectivity index (χ3n) is 4.44. The van der Waals surface area contributed by atoms with E-state index in [4.69, 9.17) is 0 Å². The summed E-state index contributed by atoms with van der Waals surface area (Å²) in [7, 11) is 0. The molecule has 0 radical (unpaired) electrons. The van der Waals surface area contributed by atoms with Gasteiger partial charge in [0.15, 0.2) is 0 Å². The number of anilines is 1. The van der Waals surface area contributed by atoms with Gasteiger partial charge in [0.25, 0.3) is 4.96 Å². The first-order valence-electron chi connectivity index (χ1n) is 8.31. The fourth-order valence-corrected chi connectivity index (χ4v) is 3.82. The number of nitro groups is 1. The normalized spacial score (nSPS) is 14.3. The number of fused-ring (bicyclic) bond motifs is 1. The number of hydrogen-bond acceptors (Lipinski definition) is 6. The molecule has 4 rings (SSSR count). The van der Waals surface area contributed by atoms with Crippen LogP contribution in [-0.4, -0.2) is 31.7 Å². The number of benzene rings is 1. The highest BCUT2D eigenvalue weighted by atomic mass is 32.1. The van der Waals surface area contributed by atoms with Gasteiger partial charge >= 0.3 is 5.82 Å². The fraction of sp³-hybridized carbons (Fsp3) is 0.294. The summed E-state index contributed by atoms with van der Waals surface area (Å²) in [6.45, 7) is 1.90. The Morgan fingerprint density at radius 2 is 2.04 bits per heavy atom. The van der Waals surface area contributed by atoms with E-state index in [9.17, 15) is 14.9 Å². The van der Waals surface area contributed by atoms with Crippen molar-refractivity contribution in [1.82, 2.24) is 14.3 Å². The molecule has 0 aliphatic carbocycles. The number of rotatable bonds is 6. The van der Waals surface area contributed by atoms with E-state index in [0.29, 0.717) is 24.5 Å².